The Bertz CT molecular complexity index is 914. The number of para-hydroxylation sites is 1. The van der Waals surface area contributed by atoms with E-state index in [-0.39, 0.29) is 23.3 Å². The van der Waals surface area contributed by atoms with Gasteiger partial charge in [0.05, 0.1) is 4.92 Å². The molecule has 0 saturated carbocycles. The van der Waals surface area contributed by atoms with Crippen LogP contribution in [-0.4, -0.2) is 14.9 Å². The maximum absolute atomic E-state index is 11.3. The molecule has 0 fully saturated rings. The summed E-state index contributed by atoms with van der Waals surface area (Å²) in [6.07, 6.45) is 0. The van der Waals surface area contributed by atoms with E-state index in [1.807, 2.05) is 49.4 Å². The van der Waals surface area contributed by atoms with Crippen LogP contribution in [0.2, 0.25) is 0 Å². The third-order valence-electron chi connectivity index (χ3n) is 3.40. The van der Waals surface area contributed by atoms with E-state index in [0.717, 1.165) is 11.3 Å². The van der Waals surface area contributed by atoms with Gasteiger partial charge in [-0.05, 0) is 36.8 Å². The summed E-state index contributed by atoms with van der Waals surface area (Å²) in [5.74, 6) is -0.0143. The molecule has 0 atom stereocenters. The second-order valence-electron chi connectivity index (χ2n) is 5.37. The molecule has 25 heavy (non-hydrogen) atoms. The van der Waals surface area contributed by atoms with E-state index in [0.29, 0.717) is 5.69 Å². The first kappa shape index (κ1) is 16.2. The van der Waals surface area contributed by atoms with Crippen molar-refractivity contribution in [1.82, 2.24) is 9.97 Å². The fraction of sp³-hybridized carbons (Fsp3) is 0.0588. The van der Waals surface area contributed by atoms with Crippen LogP contribution in [0, 0.1) is 17.0 Å². The highest BCUT2D eigenvalue weighted by Crippen LogP contribution is 2.32. The lowest BCUT2D eigenvalue weighted by molar-refractivity contribution is -0.383. The van der Waals surface area contributed by atoms with Crippen LogP contribution < -0.4 is 16.4 Å². The van der Waals surface area contributed by atoms with Crippen LogP contribution in [0.1, 0.15) is 5.56 Å². The lowest BCUT2D eigenvalue weighted by Crippen LogP contribution is -2.08. The van der Waals surface area contributed by atoms with E-state index in [4.69, 9.17) is 5.73 Å². The van der Waals surface area contributed by atoms with Crippen LogP contribution in [0.25, 0.3) is 0 Å². The molecule has 0 spiro atoms. The van der Waals surface area contributed by atoms with Crippen molar-refractivity contribution in [2.75, 3.05) is 16.4 Å². The lowest BCUT2D eigenvalue weighted by atomic mass is 10.2. The molecule has 126 valence electrons. The molecular formula is C17H16N6O2. The average molecular weight is 336 g/mol. The number of nitrogens with zero attached hydrogens (tertiary/aromatic N) is 3. The molecule has 0 aliphatic rings. The largest absolute Gasteiger partial charge is 0.378 e. The molecule has 0 bridgehead atoms. The van der Waals surface area contributed by atoms with Gasteiger partial charge in [-0.1, -0.05) is 30.3 Å². The molecule has 4 N–H and O–H groups in total. The van der Waals surface area contributed by atoms with Crippen LogP contribution in [0.3, 0.4) is 0 Å². The van der Waals surface area contributed by atoms with Gasteiger partial charge < -0.3 is 16.4 Å². The van der Waals surface area contributed by atoms with Crippen molar-refractivity contribution >= 4 is 34.6 Å². The zero-order valence-electron chi connectivity index (χ0n) is 13.4. The van der Waals surface area contributed by atoms with Crippen molar-refractivity contribution < 1.29 is 4.92 Å². The zero-order valence-corrected chi connectivity index (χ0v) is 13.4. The van der Waals surface area contributed by atoms with Gasteiger partial charge in [0, 0.05) is 11.4 Å². The van der Waals surface area contributed by atoms with Gasteiger partial charge in [-0.25, -0.2) is 0 Å². The molecule has 0 aliphatic heterocycles. The Morgan fingerprint density at radius 2 is 1.72 bits per heavy atom. The van der Waals surface area contributed by atoms with Crippen LogP contribution in [-0.2, 0) is 0 Å². The summed E-state index contributed by atoms with van der Waals surface area (Å²) in [5.41, 5.74) is 7.90. The number of nitro groups is 1. The number of anilines is 5. The summed E-state index contributed by atoms with van der Waals surface area (Å²) in [4.78, 5) is 18.9. The standard InChI is InChI=1S/C17H16N6O2/c1-11-6-5-9-13(10-11)20-17-21-15(18)14(23(24)25)16(22-17)19-12-7-3-2-4-8-12/h2-10H,1H3,(H4,18,19,20,21,22). The van der Waals surface area contributed by atoms with Crippen LogP contribution in [0.4, 0.5) is 34.6 Å². The molecule has 1 heterocycles. The molecule has 2 aromatic carbocycles. The quantitative estimate of drug-likeness (QED) is 0.479. The van der Waals surface area contributed by atoms with Gasteiger partial charge in [0.2, 0.25) is 17.6 Å². The number of nitrogens with one attached hydrogen (secondary N) is 2. The second-order valence-corrected chi connectivity index (χ2v) is 5.37. The Morgan fingerprint density at radius 1 is 1.00 bits per heavy atom. The van der Waals surface area contributed by atoms with Gasteiger partial charge in [-0.15, -0.1) is 0 Å². The van der Waals surface area contributed by atoms with Crippen LogP contribution >= 0.6 is 0 Å². The summed E-state index contributed by atoms with van der Waals surface area (Å²) in [6, 6.07) is 16.6. The summed E-state index contributed by atoms with van der Waals surface area (Å²) in [5, 5.41) is 17.3. The highest BCUT2D eigenvalue weighted by Gasteiger charge is 2.23. The molecule has 0 aliphatic carbocycles. The summed E-state index contributed by atoms with van der Waals surface area (Å²) in [6.45, 7) is 1.96. The molecule has 3 aromatic rings. The predicted octanol–water partition coefficient (Wildman–Crippen LogP) is 3.76. The fourth-order valence-corrected chi connectivity index (χ4v) is 2.31. The second kappa shape index (κ2) is 6.83. The Labute approximate surface area is 143 Å². The first-order valence-corrected chi connectivity index (χ1v) is 7.50. The van der Waals surface area contributed by atoms with Gasteiger partial charge in [-0.2, -0.15) is 9.97 Å². The monoisotopic (exact) mass is 336 g/mol. The summed E-state index contributed by atoms with van der Waals surface area (Å²) in [7, 11) is 0. The Morgan fingerprint density at radius 3 is 2.40 bits per heavy atom. The van der Waals surface area contributed by atoms with Crippen molar-refractivity contribution in [3.05, 3.63) is 70.3 Å². The molecule has 0 radical (unpaired) electrons. The smallest absolute Gasteiger partial charge is 0.353 e. The molecule has 0 amide bonds. The number of aromatic nitrogens is 2. The molecule has 0 saturated heterocycles. The van der Waals surface area contributed by atoms with E-state index in [1.54, 1.807) is 12.1 Å². The van der Waals surface area contributed by atoms with Crippen LogP contribution in [0.5, 0.6) is 0 Å². The maximum atomic E-state index is 11.3. The predicted molar refractivity (Wildman–Crippen MR) is 97.3 cm³/mol. The van der Waals surface area contributed by atoms with E-state index >= 15 is 0 Å². The molecule has 1 aromatic heterocycles. The van der Waals surface area contributed by atoms with Gasteiger partial charge in [0.1, 0.15) is 0 Å². The molecule has 3 rings (SSSR count). The Hall–Kier alpha value is -3.68. The van der Waals surface area contributed by atoms with Gasteiger partial charge >= 0.3 is 5.69 Å². The average Bonchev–Trinajstić information content (AvgIpc) is 2.55. The van der Waals surface area contributed by atoms with E-state index in [9.17, 15) is 10.1 Å². The van der Waals surface area contributed by atoms with E-state index < -0.39 is 4.92 Å². The molecule has 8 heteroatoms. The number of hydrogen-bond acceptors (Lipinski definition) is 7. The first-order chi connectivity index (χ1) is 12.0. The minimum atomic E-state index is -0.600. The normalized spacial score (nSPS) is 10.3. The summed E-state index contributed by atoms with van der Waals surface area (Å²) >= 11 is 0. The number of hydrogen-bond donors (Lipinski definition) is 3. The SMILES string of the molecule is Cc1cccc(Nc2nc(N)c([N+](=O)[O-])c(Nc3ccccc3)n2)c1. The van der Waals surface area contributed by atoms with Crippen molar-refractivity contribution in [3.8, 4) is 0 Å². The third-order valence-corrected chi connectivity index (χ3v) is 3.40. The fourth-order valence-electron chi connectivity index (χ4n) is 2.31. The number of nitrogen functional groups attached to an aromatic ring is 1. The van der Waals surface area contributed by atoms with Crippen molar-refractivity contribution in [2.24, 2.45) is 0 Å². The van der Waals surface area contributed by atoms with Crippen molar-refractivity contribution in [3.63, 3.8) is 0 Å². The minimum Gasteiger partial charge on any atom is -0.378 e. The van der Waals surface area contributed by atoms with E-state index in [2.05, 4.69) is 20.6 Å². The number of rotatable bonds is 5. The summed E-state index contributed by atoms with van der Waals surface area (Å²) < 4.78 is 0. The van der Waals surface area contributed by atoms with Gasteiger partial charge in [0.25, 0.3) is 0 Å². The topological polar surface area (TPSA) is 119 Å². The molecule has 8 nitrogen and oxygen atoms in total. The number of aryl methyl sites for hydroxylation is 1. The maximum Gasteiger partial charge on any atom is 0.353 e. The first-order valence-electron chi connectivity index (χ1n) is 7.50. The highest BCUT2D eigenvalue weighted by atomic mass is 16.6. The molecule has 0 unspecified atom stereocenters. The number of benzene rings is 2. The Balaban J connectivity index is 1.99. The molecular weight excluding hydrogens is 320 g/mol. The van der Waals surface area contributed by atoms with Crippen molar-refractivity contribution in [1.29, 1.82) is 0 Å². The zero-order chi connectivity index (χ0) is 17.8. The minimum absolute atomic E-state index is 0.0267. The van der Waals surface area contributed by atoms with Gasteiger partial charge in [-0.3, -0.25) is 10.1 Å². The lowest BCUT2D eigenvalue weighted by Gasteiger charge is -2.11. The van der Waals surface area contributed by atoms with Gasteiger partial charge in [0.15, 0.2) is 0 Å². The highest BCUT2D eigenvalue weighted by molar-refractivity contribution is 5.75. The Kier molecular flexibility index (Phi) is 4.42. The van der Waals surface area contributed by atoms with Crippen LogP contribution in [0.15, 0.2) is 54.6 Å². The van der Waals surface area contributed by atoms with E-state index in [1.165, 1.54) is 0 Å². The van der Waals surface area contributed by atoms with Crippen molar-refractivity contribution in [2.45, 2.75) is 6.92 Å². The third kappa shape index (κ3) is 3.81. The number of nitrogens with two attached hydrogens (primary N) is 1.